The van der Waals surface area contributed by atoms with Crippen LogP contribution in [-0.2, 0) is 6.42 Å². The molecule has 5 nitrogen and oxygen atoms in total. The molecule has 1 amide bonds. The number of hydrazine groups is 1. The number of aryl methyl sites for hydroxylation is 1. The van der Waals surface area contributed by atoms with Crippen molar-refractivity contribution in [1.82, 2.24) is 15.8 Å². The van der Waals surface area contributed by atoms with Crippen LogP contribution in [0.5, 0.6) is 0 Å². The van der Waals surface area contributed by atoms with E-state index < -0.39 is 5.60 Å². The summed E-state index contributed by atoms with van der Waals surface area (Å²) in [5.41, 5.74) is 8.04. The van der Waals surface area contributed by atoms with Crippen LogP contribution >= 0.6 is 0 Å². The first-order valence-electron chi connectivity index (χ1n) is 10.4. The summed E-state index contributed by atoms with van der Waals surface area (Å²) in [6.45, 7) is 4.36. The van der Waals surface area contributed by atoms with Crippen molar-refractivity contribution in [1.29, 1.82) is 0 Å². The largest absolute Gasteiger partial charge is 0.390 e. The van der Waals surface area contributed by atoms with E-state index in [1.54, 1.807) is 0 Å². The number of amides is 1. The third kappa shape index (κ3) is 5.53. The van der Waals surface area contributed by atoms with Crippen LogP contribution in [0.3, 0.4) is 0 Å². The second-order valence-electron chi connectivity index (χ2n) is 9.00. The number of likely N-dealkylation sites (N-methyl/N-ethyl adjacent to an activating group) is 1. The molecule has 3 atom stereocenters. The summed E-state index contributed by atoms with van der Waals surface area (Å²) in [6.07, 6.45) is 7.84. The highest BCUT2D eigenvalue weighted by Gasteiger charge is 2.37. The van der Waals surface area contributed by atoms with E-state index in [9.17, 15) is 9.90 Å². The molecule has 1 aliphatic heterocycles. The molecular formula is C22H35N3O2. The molecule has 1 saturated carbocycles. The smallest absolute Gasteiger partial charge is 0.253 e. The van der Waals surface area contributed by atoms with Gasteiger partial charge in [0.1, 0.15) is 0 Å². The number of rotatable bonds is 6. The number of hydrogen-bond acceptors (Lipinski definition) is 4. The van der Waals surface area contributed by atoms with Gasteiger partial charge in [-0.15, -0.1) is 0 Å². The third-order valence-electron chi connectivity index (χ3n) is 6.06. The molecule has 2 aliphatic rings. The number of carbonyl (C=O) groups excluding carboxylic acids is 1. The lowest BCUT2D eigenvalue weighted by Gasteiger charge is -2.26. The van der Waals surface area contributed by atoms with Crippen LogP contribution < -0.4 is 10.9 Å². The Bertz CT molecular complexity index is 641. The van der Waals surface area contributed by atoms with Crippen molar-refractivity contribution in [2.24, 2.45) is 5.92 Å². The van der Waals surface area contributed by atoms with Gasteiger partial charge in [0.05, 0.1) is 5.60 Å². The zero-order valence-electron chi connectivity index (χ0n) is 17.0. The van der Waals surface area contributed by atoms with Gasteiger partial charge in [-0.3, -0.25) is 15.6 Å². The minimum Gasteiger partial charge on any atom is -0.390 e. The van der Waals surface area contributed by atoms with Gasteiger partial charge in [0.2, 0.25) is 0 Å². The number of fused-ring (bicyclic) bond motifs is 1. The predicted octanol–water partition coefficient (Wildman–Crippen LogP) is 2.89. The molecule has 1 aromatic rings. The SMILES string of the molecule is CN(CC1NNC2CCCCCC21)C(=O)c1cccc(CCC(C)(C)O)c1. The molecule has 3 N–H and O–H groups in total. The Morgan fingerprint density at radius 3 is 2.78 bits per heavy atom. The van der Waals surface area contributed by atoms with Crippen LogP contribution in [0.25, 0.3) is 0 Å². The Labute approximate surface area is 163 Å². The van der Waals surface area contributed by atoms with Gasteiger partial charge in [-0.25, -0.2) is 0 Å². The number of nitrogens with zero attached hydrogens (tertiary/aromatic N) is 1. The molecule has 0 spiro atoms. The molecule has 1 heterocycles. The number of hydrogen-bond donors (Lipinski definition) is 3. The highest BCUT2D eigenvalue weighted by Crippen LogP contribution is 2.29. The second-order valence-corrected chi connectivity index (χ2v) is 9.00. The van der Waals surface area contributed by atoms with Crippen LogP contribution in [0.2, 0.25) is 0 Å². The molecule has 2 fully saturated rings. The summed E-state index contributed by atoms with van der Waals surface area (Å²) >= 11 is 0. The average Bonchev–Trinajstić information content (AvgIpc) is 2.85. The lowest BCUT2D eigenvalue weighted by molar-refractivity contribution is 0.0714. The summed E-state index contributed by atoms with van der Waals surface area (Å²) < 4.78 is 0. The van der Waals surface area contributed by atoms with E-state index >= 15 is 0 Å². The lowest BCUT2D eigenvalue weighted by Crippen LogP contribution is -2.43. The quantitative estimate of drug-likeness (QED) is 0.717. The molecule has 1 saturated heterocycles. The van der Waals surface area contributed by atoms with Gasteiger partial charge in [0.25, 0.3) is 5.91 Å². The Morgan fingerprint density at radius 1 is 1.22 bits per heavy atom. The Balaban J connectivity index is 1.60. The van der Waals surface area contributed by atoms with E-state index in [1.165, 1.54) is 32.1 Å². The third-order valence-corrected chi connectivity index (χ3v) is 6.06. The normalized spacial score (nSPS) is 25.7. The van der Waals surface area contributed by atoms with Crippen molar-refractivity contribution in [2.75, 3.05) is 13.6 Å². The van der Waals surface area contributed by atoms with Crippen molar-refractivity contribution in [3.63, 3.8) is 0 Å². The fraction of sp³-hybridized carbons (Fsp3) is 0.682. The minimum absolute atomic E-state index is 0.0685. The van der Waals surface area contributed by atoms with Gasteiger partial charge in [-0.1, -0.05) is 31.4 Å². The maximum Gasteiger partial charge on any atom is 0.253 e. The number of benzene rings is 1. The first kappa shape index (κ1) is 20.3. The van der Waals surface area contributed by atoms with Crippen LogP contribution in [0.1, 0.15) is 68.3 Å². The standard InChI is InChI=1S/C22H35N3O2/c1-22(2,27)13-12-16-8-7-9-17(14-16)21(26)25(3)15-20-18-10-5-4-6-11-19(18)23-24-20/h7-9,14,18-20,23-24,27H,4-6,10-13,15H2,1-3H3. The average molecular weight is 374 g/mol. The van der Waals surface area contributed by atoms with Crippen LogP contribution in [0, 0.1) is 5.92 Å². The van der Waals surface area contributed by atoms with E-state index in [0.29, 0.717) is 24.4 Å². The highest BCUT2D eigenvalue weighted by molar-refractivity contribution is 5.94. The van der Waals surface area contributed by atoms with Crippen molar-refractivity contribution in [2.45, 2.75) is 76.5 Å². The molecule has 5 heteroatoms. The maximum absolute atomic E-state index is 12.9. The summed E-state index contributed by atoms with van der Waals surface area (Å²) in [7, 11) is 1.90. The molecule has 1 aromatic carbocycles. The maximum atomic E-state index is 12.9. The molecular weight excluding hydrogens is 338 g/mol. The lowest BCUT2D eigenvalue weighted by atomic mass is 9.90. The predicted molar refractivity (Wildman–Crippen MR) is 108 cm³/mol. The molecule has 3 rings (SSSR count). The fourth-order valence-electron chi connectivity index (χ4n) is 4.41. The van der Waals surface area contributed by atoms with Crippen molar-refractivity contribution in [3.8, 4) is 0 Å². The summed E-state index contributed by atoms with van der Waals surface area (Å²) in [5, 5.41) is 9.93. The number of nitrogens with one attached hydrogen (secondary N) is 2. The summed E-state index contributed by atoms with van der Waals surface area (Å²) in [4.78, 5) is 14.8. The van der Waals surface area contributed by atoms with E-state index in [1.807, 2.05) is 50.1 Å². The summed E-state index contributed by atoms with van der Waals surface area (Å²) in [5.74, 6) is 0.680. The monoisotopic (exact) mass is 373 g/mol. The van der Waals surface area contributed by atoms with Crippen LogP contribution in [-0.4, -0.2) is 47.2 Å². The van der Waals surface area contributed by atoms with Crippen molar-refractivity contribution < 1.29 is 9.90 Å². The van der Waals surface area contributed by atoms with Gasteiger partial charge in [-0.05, 0) is 63.1 Å². The molecule has 0 bridgehead atoms. The van der Waals surface area contributed by atoms with Crippen molar-refractivity contribution >= 4 is 5.91 Å². The highest BCUT2D eigenvalue weighted by atomic mass is 16.3. The Kier molecular flexibility index (Phi) is 6.56. The Hall–Kier alpha value is -1.43. The van der Waals surface area contributed by atoms with E-state index in [2.05, 4.69) is 10.9 Å². The zero-order valence-corrected chi connectivity index (χ0v) is 17.0. The van der Waals surface area contributed by atoms with Gasteiger partial charge in [0.15, 0.2) is 0 Å². The van der Waals surface area contributed by atoms with E-state index in [0.717, 1.165) is 24.1 Å². The van der Waals surface area contributed by atoms with Gasteiger partial charge in [-0.2, -0.15) is 0 Å². The second kappa shape index (κ2) is 8.72. The van der Waals surface area contributed by atoms with E-state index in [-0.39, 0.29) is 5.91 Å². The van der Waals surface area contributed by atoms with Gasteiger partial charge >= 0.3 is 0 Å². The molecule has 27 heavy (non-hydrogen) atoms. The molecule has 3 unspecified atom stereocenters. The van der Waals surface area contributed by atoms with Crippen molar-refractivity contribution in [3.05, 3.63) is 35.4 Å². The topological polar surface area (TPSA) is 64.6 Å². The van der Waals surface area contributed by atoms with Gasteiger partial charge in [0, 0.05) is 31.2 Å². The zero-order chi connectivity index (χ0) is 19.4. The van der Waals surface area contributed by atoms with Crippen LogP contribution in [0.4, 0.5) is 0 Å². The minimum atomic E-state index is -0.687. The molecule has 0 aromatic heterocycles. The number of carbonyl (C=O) groups is 1. The van der Waals surface area contributed by atoms with Gasteiger partial charge < -0.3 is 10.0 Å². The summed E-state index contributed by atoms with van der Waals surface area (Å²) in [6, 6.07) is 8.70. The molecule has 1 aliphatic carbocycles. The molecule has 150 valence electrons. The number of aliphatic hydroxyl groups is 1. The Morgan fingerprint density at radius 2 is 2.00 bits per heavy atom. The van der Waals surface area contributed by atoms with Crippen LogP contribution in [0.15, 0.2) is 24.3 Å². The first-order chi connectivity index (χ1) is 12.8. The first-order valence-corrected chi connectivity index (χ1v) is 10.4. The molecule has 0 radical (unpaired) electrons. The van der Waals surface area contributed by atoms with E-state index in [4.69, 9.17) is 0 Å². The fourth-order valence-corrected chi connectivity index (χ4v) is 4.41.